The van der Waals surface area contributed by atoms with Gasteiger partial charge in [-0.1, -0.05) is 13.3 Å². The van der Waals surface area contributed by atoms with Crippen molar-refractivity contribution in [2.24, 2.45) is 0 Å². The number of pyridine rings is 1. The highest BCUT2D eigenvalue weighted by atomic mass is 16.6. The number of nitrogens with one attached hydrogen (secondary N) is 1. The first kappa shape index (κ1) is 16.8. The number of anilines is 1. The largest absolute Gasteiger partial charge is 0.493 e. The average Bonchev–Trinajstić information content (AvgIpc) is 2.53. The third-order valence-electron chi connectivity index (χ3n) is 3.68. The van der Waals surface area contributed by atoms with Gasteiger partial charge in [0.25, 0.3) is 0 Å². The van der Waals surface area contributed by atoms with Crippen LogP contribution >= 0.6 is 0 Å². The van der Waals surface area contributed by atoms with E-state index in [0.717, 1.165) is 12.8 Å². The van der Waals surface area contributed by atoms with Crippen LogP contribution < -0.4 is 14.8 Å². The summed E-state index contributed by atoms with van der Waals surface area (Å²) in [6.45, 7) is 4.53. The van der Waals surface area contributed by atoms with E-state index in [4.69, 9.17) is 9.47 Å². The summed E-state index contributed by atoms with van der Waals surface area (Å²) < 4.78 is 10.5. The van der Waals surface area contributed by atoms with E-state index < -0.39 is 4.92 Å². The van der Waals surface area contributed by atoms with Gasteiger partial charge >= 0.3 is 5.69 Å². The maximum absolute atomic E-state index is 11.6. The number of methoxy groups -OCH3 is 2. The van der Waals surface area contributed by atoms with Gasteiger partial charge in [-0.3, -0.25) is 10.1 Å². The van der Waals surface area contributed by atoms with E-state index >= 15 is 0 Å². The van der Waals surface area contributed by atoms with Crippen LogP contribution in [0.15, 0.2) is 12.1 Å². The minimum absolute atomic E-state index is 0.0392. The number of rotatable bonds is 7. The molecule has 0 bridgehead atoms. The summed E-state index contributed by atoms with van der Waals surface area (Å²) in [4.78, 5) is 15.6. The molecule has 1 aromatic heterocycles. The Balaban J connectivity index is 2.70. The Morgan fingerprint density at radius 1 is 1.22 bits per heavy atom. The van der Waals surface area contributed by atoms with Crippen molar-refractivity contribution in [3.8, 4) is 11.5 Å². The van der Waals surface area contributed by atoms with Crippen LogP contribution in [0.4, 0.5) is 11.5 Å². The van der Waals surface area contributed by atoms with Gasteiger partial charge in [-0.05, 0) is 25.5 Å². The first-order valence-electron chi connectivity index (χ1n) is 7.48. The molecule has 124 valence electrons. The van der Waals surface area contributed by atoms with Gasteiger partial charge in [-0.25, -0.2) is 4.98 Å². The number of nitro groups is 1. The Kier molecular flexibility index (Phi) is 5.20. The molecule has 0 unspecified atom stereocenters. The van der Waals surface area contributed by atoms with Gasteiger partial charge < -0.3 is 14.8 Å². The Hall–Kier alpha value is -2.57. The number of nitrogens with zero attached hydrogens (tertiary/aromatic N) is 2. The summed E-state index contributed by atoms with van der Waals surface area (Å²) in [6, 6.07) is 3.35. The predicted molar refractivity (Wildman–Crippen MR) is 89.6 cm³/mol. The molecule has 0 atom stereocenters. The number of fused-ring (bicyclic) bond motifs is 1. The molecule has 7 heteroatoms. The molecule has 0 saturated carbocycles. The molecule has 0 spiro atoms. The van der Waals surface area contributed by atoms with Crippen LogP contribution in [0.2, 0.25) is 0 Å². The van der Waals surface area contributed by atoms with E-state index in [1.54, 1.807) is 12.1 Å². The molecular weight excluding hydrogens is 298 g/mol. The van der Waals surface area contributed by atoms with Crippen LogP contribution in [0.5, 0.6) is 11.5 Å². The quantitative estimate of drug-likeness (QED) is 0.476. The van der Waals surface area contributed by atoms with E-state index in [2.05, 4.69) is 17.2 Å². The summed E-state index contributed by atoms with van der Waals surface area (Å²) in [6.07, 6.45) is 1.92. The summed E-state index contributed by atoms with van der Waals surface area (Å²) in [5.74, 6) is 1.26. The second kappa shape index (κ2) is 7.13. The van der Waals surface area contributed by atoms with E-state index in [9.17, 15) is 10.1 Å². The van der Waals surface area contributed by atoms with Crippen LogP contribution in [0.1, 0.15) is 25.5 Å². The molecule has 0 radical (unpaired) electrons. The van der Waals surface area contributed by atoms with Crippen molar-refractivity contribution in [2.75, 3.05) is 26.1 Å². The Morgan fingerprint density at radius 2 is 1.83 bits per heavy atom. The third kappa shape index (κ3) is 3.28. The van der Waals surface area contributed by atoms with Crippen molar-refractivity contribution >= 4 is 22.3 Å². The minimum atomic E-state index is -0.408. The lowest BCUT2D eigenvalue weighted by atomic mass is 10.1. The van der Waals surface area contributed by atoms with Gasteiger partial charge in [-0.2, -0.15) is 0 Å². The topological polar surface area (TPSA) is 86.5 Å². The lowest BCUT2D eigenvalue weighted by Crippen LogP contribution is -2.08. The number of hydrogen-bond donors (Lipinski definition) is 1. The van der Waals surface area contributed by atoms with Crippen LogP contribution in [-0.4, -0.2) is 30.7 Å². The number of unbranched alkanes of at least 4 members (excludes halogenated alkanes) is 1. The lowest BCUT2D eigenvalue weighted by Gasteiger charge is -2.13. The second-order valence-electron chi connectivity index (χ2n) is 5.18. The molecule has 0 aliphatic rings. The van der Waals surface area contributed by atoms with Crippen molar-refractivity contribution < 1.29 is 14.4 Å². The van der Waals surface area contributed by atoms with Gasteiger partial charge in [0, 0.05) is 17.6 Å². The summed E-state index contributed by atoms with van der Waals surface area (Å²) in [5, 5.41) is 15.8. The van der Waals surface area contributed by atoms with E-state index in [1.165, 1.54) is 14.2 Å². The molecule has 2 rings (SSSR count). The fraction of sp³-hybridized carbons (Fsp3) is 0.438. The molecule has 7 nitrogen and oxygen atoms in total. The number of aromatic nitrogens is 1. The molecule has 1 N–H and O–H groups in total. The Morgan fingerprint density at radius 3 is 2.35 bits per heavy atom. The van der Waals surface area contributed by atoms with Crippen molar-refractivity contribution in [2.45, 2.75) is 26.7 Å². The van der Waals surface area contributed by atoms with E-state index in [-0.39, 0.29) is 5.69 Å². The van der Waals surface area contributed by atoms with Crippen molar-refractivity contribution in [3.63, 3.8) is 0 Å². The highest BCUT2D eigenvalue weighted by molar-refractivity contribution is 5.98. The SMILES string of the molecule is CCCCNc1nc(C)c2cc(OC)c(OC)cc2c1[N+](=O)[O-]. The van der Waals surface area contributed by atoms with E-state index in [0.29, 0.717) is 40.3 Å². The number of aryl methyl sites for hydroxylation is 1. The fourth-order valence-electron chi connectivity index (χ4n) is 2.47. The van der Waals surface area contributed by atoms with Crippen LogP contribution in [0, 0.1) is 17.0 Å². The number of hydrogen-bond acceptors (Lipinski definition) is 6. The lowest BCUT2D eigenvalue weighted by molar-refractivity contribution is -0.382. The molecule has 1 heterocycles. The van der Waals surface area contributed by atoms with Crippen LogP contribution in [0.3, 0.4) is 0 Å². The molecular formula is C16H21N3O4. The Labute approximate surface area is 134 Å². The molecule has 0 saturated heterocycles. The van der Waals surface area contributed by atoms with Gasteiger partial charge in [0.2, 0.25) is 5.82 Å². The average molecular weight is 319 g/mol. The van der Waals surface area contributed by atoms with Crippen LogP contribution in [0.25, 0.3) is 10.8 Å². The first-order chi connectivity index (χ1) is 11.0. The fourth-order valence-corrected chi connectivity index (χ4v) is 2.47. The maximum Gasteiger partial charge on any atom is 0.319 e. The molecule has 0 aliphatic heterocycles. The third-order valence-corrected chi connectivity index (χ3v) is 3.68. The number of ether oxygens (including phenoxy) is 2. The molecule has 0 aliphatic carbocycles. The molecule has 23 heavy (non-hydrogen) atoms. The van der Waals surface area contributed by atoms with Gasteiger partial charge in [0.05, 0.1) is 24.5 Å². The standard InChI is InChI=1S/C16H21N3O4/c1-5-6-7-17-16-15(19(20)21)12-9-14(23-4)13(22-3)8-11(12)10(2)18-16/h8-9H,5-7H2,1-4H3,(H,17,18). The normalized spacial score (nSPS) is 10.6. The molecule has 0 amide bonds. The smallest absolute Gasteiger partial charge is 0.319 e. The molecule has 0 fully saturated rings. The van der Waals surface area contributed by atoms with Crippen molar-refractivity contribution in [1.82, 2.24) is 4.98 Å². The summed E-state index contributed by atoms with van der Waals surface area (Å²) in [5.41, 5.74) is 0.660. The predicted octanol–water partition coefficient (Wildman–Crippen LogP) is 3.68. The summed E-state index contributed by atoms with van der Waals surface area (Å²) in [7, 11) is 3.03. The second-order valence-corrected chi connectivity index (χ2v) is 5.18. The van der Waals surface area contributed by atoms with Gasteiger partial charge in [0.1, 0.15) is 0 Å². The minimum Gasteiger partial charge on any atom is -0.493 e. The van der Waals surface area contributed by atoms with E-state index in [1.807, 2.05) is 6.92 Å². The van der Waals surface area contributed by atoms with Gasteiger partial charge in [-0.15, -0.1) is 0 Å². The van der Waals surface area contributed by atoms with Crippen LogP contribution in [-0.2, 0) is 0 Å². The molecule has 1 aromatic carbocycles. The zero-order valence-electron chi connectivity index (χ0n) is 13.8. The Bertz CT molecular complexity index is 731. The number of benzene rings is 1. The maximum atomic E-state index is 11.6. The zero-order chi connectivity index (χ0) is 17.0. The van der Waals surface area contributed by atoms with Crippen molar-refractivity contribution in [1.29, 1.82) is 0 Å². The monoisotopic (exact) mass is 319 g/mol. The summed E-state index contributed by atoms with van der Waals surface area (Å²) >= 11 is 0. The first-order valence-corrected chi connectivity index (χ1v) is 7.48. The highest BCUT2D eigenvalue weighted by Gasteiger charge is 2.23. The van der Waals surface area contributed by atoms with Crippen molar-refractivity contribution in [3.05, 3.63) is 27.9 Å². The highest BCUT2D eigenvalue weighted by Crippen LogP contribution is 2.40. The zero-order valence-corrected chi connectivity index (χ0v) is 13.8. The molecule has 2 aromatic rings. The van der Waals surface area contributed by atoms with Gasteiger partial charge in [0.15, 0.2) is 11.5 Å².